The predicted octanol–water partition coefficient (Wildman–Crippen LogP) is 2.49. The Morgan fingerprint density at radius 1 is 1.18 bits per heavy atom. The first-order valence-corrected chi connectivity index (χ1v) is 6.03. The van der Waals surface area contributed by atoms with Crippen LogP contribution in [0.2, 0.25) is 0 Å². The van der Waals surface area contributed by atoms with Crippen LogP contribution in [0.5, 0.6) is 0 Å². The molecule has 0 saturated heterocycles. The van der Waals surface area contributed by atoms with Crippen molar-refractivity contribution in [2.75, 3.05) is 0 Å². The van der Waals surface area contributed by atoms with Crippen LogP contribution in [0.25, 0.3) is 0 Å². The van der Waals surface area contributed by atoms with E-state index in [2.05, 4.69) is 36.3 Å². The molecule has 0 aliphatic carbocycles. The fourth-order valence-corrected chi connectivity index (χ4v) is 1.97. The summed E-state index contributed by atoms with van der Waals surface area (Å²) in [5, 5.41) is 2.79. The Morgan fingerprint density at radius 2 is 1.82 bits per heavy atom. The Balaban J connectivity index is 2.13. The Kier molecular flexibility index (Phi) is 3.47. The molecule has 90 valence electrons. The van der Waals surface area contributed by atoms with E-state index in [1.165, 1.54) is 17.5 Å². The summed E-state index contributed by atoms with van der Waals surface area (Å²) in [4.78, 5) is 11.2. The van der Waals surface area contributed by atoms with Crippen molar-refractivity contribution in [3.8, 4) is 0 Å². The first kappa shape index (κ1) is 11.7. The molecule has 0 bridgehead atoms. The molecule has 1 aromatic carbocycles. The minimum Gasteiger partial charge on any atom is -0.285 e. The maximum absolute atomic E-state index is 11.2. The fraction of sp³-hybridized carbons (Fsp3) is 0.357. The molecule has 1 N–H and O–H groups in total. The molecule has 1 heterocycles. The third-order valence-electron chi connectivity index (χ3n) is 2.91. The van der Waals surface area contributed by atoms with Crippen molar-refractivity contribution in [2.45, 2.75) is 33.2 Å². The van der Waals surface area contributed by atoms with Gasteiger partial charge < -0.3 is 0 Å². The number of benzene rings is 1. The molecule has 0 radical (unpaired) electrons. The molecule has 17 heavy (non-hydrogen) atoms. The summed E-state index contributed by atoms with van der Waals surface area (Å²) in [6, 6.07) is 10.2. The molecule has 3 heteroatoms. The SMILES string of the molecule is CCCc1ccc(Cn2[nH]c(=O)cc2C)cc1. The second kappa shape index (κ2) is 5.04. The maximum atomic E-state index is 11.2. The van der Waals surface area contributed by atoms with Crippen LogP contribution in [-0.2, 0) is 13.0 Å². The van der Waals surface area contributed by atoms with E-state index in [1.807, 2.05) is 11.6 Å². The molecule has 1 aromatic heterocycles. The summed E-state index contributed by atoms with van der Waals surface area (Å²) < 4.78 is 1.87. The molecule has 3 nitrogen and oxygen atoms in total. The molecule has 0 saturated carbocycles. The molecule has 0 aliphatic heterocycles. The van der Waals surface area contributed by atoms with E-state index in [4.69, 9.17) is 0 Å². The number of nitrogens with zero attached hydrogens (tertiary/aromatic N) is 1. The average molecular weight is 230 g/mol. The van der Waals surface area contributed by atoms with Crippen LogP contribution in [0.1, 0.15) is 30.2 Å². The number of aryl methyl sites for hydroxylation is 2. The first-order chi connectivity index (χ1) is 8.19. The van der Waals surface area contributed by atoms with Crippen molar-refractivity contribution in [1.29, 1.82) is 0 Å². The summed E-state index contributed by atoms with van der Waals surface area (Å²) in [5.74, 6) is 0. The number of hydrogen-bond acceptors (Lipinski definition) is 1. The van der Waals surface area contributed by atoms with Gasteiger partial charge in [-0.1, -0.05) is 37.6 Å². The van der Waals surface area contributed by atoms with E-state index >= 15 is 0 Å². The Hall–Kier alpha value is -1.77. The van der Waals surface area contributed by atoms with E-state index in [1.54, 1.807) is 6.07 Å². The van der Waals surface area contributed by atoms with Crippen molar-refractivity contribution in [3.05, 3.63) is 57.5 Å². The summed E-state index contributed by atoms with van der Waals surface area (Å²) in [5.41, 5.74) is 3.51. The highest BCUT2D eigenvalue weighted by atomic mass is 16.1. The third-order valence-corrected chi connectivity index (χ3v) is 2.91. The van der Waals surface area contributed by atoms with E-state index in [0.717, 1.165) is 18.7 Å². The minimum absolute atomic E-state index is 0.0369. The monoisotopic (exact) mass is 230 g/mol. The number of nitrogens with one attached hydrogen (secondary N) is 1. The van der Waals surface area contributed by atoms with Crippen LogP contribution in [-0.4, -0.2) is 9.78 Å². The van der Waals surface area contributed by atoms with E-state index in [9.17, 15) is 4.79 Å². The van der Waals surface area contributed by atoms with Gasteiger partial charge in [0.2, 0.25) is 0 Å². The van der Waals surface area contributed by atoms with Crippen molar-refractivity contribution in [1.82, 2.24) is 9.78 Å². The lowest BCUT2D eigenvalue weighted by atomic mass is 10.1. The number of H-pyrrole nitrogens is 1. The Labute approximate surface area is 101 Å². The Bertz CT molecular complexity index is 534. The first-order valence-electron chi connectivity index (χ1n) is 6.03. The fourth-order valence-electron chi connectivity index (χ4n) is 1.97. The van der Waals surface area contributed by atoms with Gasteiger partial charge in [-0.25, -0.2) is 0 Å². The van der Waals surface area contributed by atoms with Crippen LogP contribution in [0.15, 0.2) is 35.1 Å². The normalized spacial score (nSPS) is 10.7. The van der Waals surface area contributed by atoms with Gasteiger partial charge in [0.25, 0.3) is 5.56 Å². The van der Waals surface area contributed by atoms with Gasteiger partial charge in [-0.15, -0.1) is 0 Å². The molecule has 0 amide bonds. The van der Waals surface area contributed by atoms with Crippen LogP contribution in [0.4, 0.5) is 0 Å². The molecule has 2 rings (SSSR count). The number of hydrogen-bond donors (Lipinski definition) is 1. The molecule has 2 aromatic rings. The number of aromatic amines is 1. The second-order valence-electron chi connectivity index (χ2n) is 4.41. The highest BCUT2D eigenvalue weighted by molar-refractivity contribution is 5.23. The smallest absolute Gasteiger partial charge is 0.264 e. The van der Waals surface area contributed by atoms with Crippen LogP contribution >= 0.6 is 0 Å². The molecule has 0 spiro atoms. The van der Waals surface area contributed by atoms with E-state index in [0.29, 0.717) is 0 Å². The summed E-state index contributed by atoms with van der Waals surface area (Å²) in [6.07, 6.45) is 2.29. The van der Waals surface area contributed by atoms with Crippen molar-refractivity contribution < 1.29 is 0 Å². The molecular weight excluding hydrogens is 212 g/mol. The molecule has 0 unspecified atom stereocenters. The van der Waals surface area contributed by atoms with Gasteiger partial charge in [-0.05, 0) is 24.5 Å². The van der Waals surface area contributed by atoms with Gasteiger partial charge in [-0.2, -0.15) is 0 Å². The molecule has 0 atom stereocenters. The number of aromatic nitrogens is 2. The van der Waals surface area contributed by atoms with Crippen LogP contribution in [0.3, 0.4) is 0 Å². The van der Waals surface area contributed by atoms with Gasteiger partial charge in [0.15, 0.2) is 0 Å². The van der Waals surface area contributed by atoms with Crippen molar-refractivity contribution >= 4 is 0 Å². The van der Waals surface area contributed by atoms with E-state index in [-0.39, 0.29) is 5.56 Å². The zero-order valence-electron chi connectivity index (χ0n) is 10.4. The standard InChI is InChI=1S/C14H18N2O/c1-3-4-12-5-7-13(8-6-12)10-16-11(2)9-14(17)15-16/h5-9H,3-4,10H2,1-2H3,(H,15,17). The van der Waals surface area contributed by atoms with Crippen molar-refractivity contribution in [2.24, 2.45) is 0 Å². The van der Waals surface area contributed by atoms with Crippen LogP contribution < -0.4 is 5.56 Å². The Morgan fingerprint density at radius 3 is 2.35 bits per heavy atom. The quantitative estimate of drug-likeness (QED) is 0.861. The zero-order valence-corrected chi connectivity index (χ0v) is 10.4. The van der Waals surface area contributed by atoms with Gasteiger partial charge in [0, 0.05) is 11.8 Å². The van der Waals surface area contributed by atoms with Gasteiger partial charge in [-0.3, -0.25) is 14.6 Å². The summed E-state index contributed by atoms with van der Waals surface area (Å²) in [6.45, 7) is 4.84. The summed E-state index contributed by atoms with van der Waals surface area (Å²) in [7, 11) is 0. The average Bonchev–Trinajstić information content (AvgIpc) is 2.61. The lowest BCUT2D eigenvalue weighted by Gasteiger charge is -2.06. The van der Waals surface area contributed by atoms with Crippen LogP contribution in [0, 0.1) is 6.92 Å². The maximum Gasteiger partial charge on any atom is 0.264 e. The predicted molar refractivity (Wildman–Crippen MR) is 69.3 cm³/mol. The second-order valence-corrected chi connectivity index (χ2v) is 4.41. The van der Waals surface area contributed by atoms with Crippen molar-refractivity contribution in [3.63, 3.8) is 0 Å². The lowest BCUT2D eigenvalue weighted by Crippen LogP contribution is -2.07. The van der Waals surface area contributed by atoms with E-state index < -0.39 is 0 Å². The minimum atomic E-state index is -0.0369. The highest BCUT2D eigenvalue weighted by Crippen LogP contribution is 2.08. The molecule has 0 fully saturated rings. The zero-order chi connectivity index (χ0) is 12.3. The van der Waals surface area contributed by atoms with Gasteiger partial charge >= 0.3 is 0 Å². The lowest BCUT2D eigenvalue weighted by molar-refractivity contribution is 0.658. The summed E-state index contributed by atoms with van der Waals surface area (Å²) >= 11 is 0. The van der Waals surface area contributed by atoms with Gasteiger partial charge in [0.1, 0.15) is 0 Å². The molecule has 0 aliphatic rings. The third kappa shape index (κ3) is 2.87. The van der Waals surface area contributed by atoms with Gasteiger partial charge in [0.05, 0.1) is 6.54 Å². The molecular formula is C14H18N2O. The topological polar surface area (TPSA) is 37.8 Å². The highest BCUT2D eigenvalue weighted by Gasteiger charge is 2.00. The largest absolute Gasteiger partial charge is 0.285 e. The number of rotatable bonds is 4.